The van der Waals surface area contributed by atoms with E-state index < -0.39 is 0 Å². The second kappa shape index (κ2) is 11.6. The van der Waals surface area contributed by atoms with E-state index in [1.165, 1.54) is 11.1 Å². The summed E-state index contributed by atoms with van der Waals surface area (Å²) in [6, 6.07) is 8.79. The summed E-state index contributed by atoms with van der Waals surface area (Å²) in [6.07, 6.45) is 13.2. The number of Topliss-reactive ketones (excluding diaryl/α,β-unsaturated/α-hetero) is 1. The van der Waals surface area contributed by atoms with Gasteiger partial charge in [-0.3, -0.25) is 4.79 Å². The molecule has 1 aliphatic rings. The van der Waals surface area contributed by atoms with Crippen LogP contribution in [0.4, 0.5) is 0 Å². The fourth-order valence-corrected chi connectivity index (χ4v) is 3.77. The summed E-state index contributed by atoms with van der Waals surface area (Å²) in [5.41, 5.74) is 3.85. The molecule has 1 saturated carbocycles. The third-order valence-electron chi connectivity index (χ3n) is 5.37. The van der Waals surface area contributed by atoms with E-state index >= 15 is 0 Å². The summed E-state index contributed by atoms with van der Waals surface area (Å²) < 4.78 is 0. The van der Waals surface area contributed by atoms with Crippen molar-refractivity contribution < 1.29 is 4.79 Å². The lowest BCUT2D eigenvalue weighted by Gasteiger charge is -2.12. The molecule has 2 unspecified atom stereocenters. The lowest BCUT2D eigenvalue weighted by Crippen LogP contribution is -2.13. The molecule has 1 aromatic rings. The van der Waals surface area contributed by atoms with E-state index in [0.717, 1.165) is 63.4 Å². The average Bonchev–Trinajstić information content (AvgIpc) is 3.01. The second-order valence-electron chi connectivity index (χ2n) is 7.75. The lowest BCUT2D eigenvalue weighted by atomic mass is 9.90. The molecule has 0 N–H and O–H groups in total. The maximum atomic E-state index is 12.2. The predicted octanol–water partition coefficient (Wildman–Crippen LogP) is 6.47. The number of carbonyl (C=O) groups excluding carboxylic acids is 1. The van der Waals surface area contributed by atoms with Crippen molar-refractivity contribution in [2.45, 2.75) is 71.6 Å². The number of allylic oxidation sites excluding steroid dienone is 3. The van der Waals surface area contributed by atoms with E-state index in [2.05, 4.69) is 61.8 Å². The Hall–Kier alpha value is -2.07. The molecule has 1 aliphatic carbocycles. The SMILES string of the molecule is C=C(C)/C=C/CCCCC1C(=O)CCC1C#CCCc1cccc(CC)c1. The molecule has 0 aliphatic heterocycles. The van der Waals surface area contributed by atoms with Crippen LogP contribution >= 0.6 is 0 Å². The fourth-order valence-electron chi connectivity index (χ4n) is 3.77. The summed E-state index contributed by atoms with van der Waals surface area (Å²) >= 11 is 0. The zero-order valence-corrected chi connectivity index (χ0v) is 17.1. The van der Waals surface area contributed by atoms with Crippen molar-refractivity contribution >= 4 is 5.78 Å². The van der Waals surface area contributed by atoms with Crippen LogP contribution in [0.1, 0.15) is 69.9 Å². The van der Waals surface area contributed by atoms with Crippen molar-refractivity contribution in [2.75, 3.05) is 0 Å². The Morgan fingerprint density at radius 3 is 2.89 bits per heavy atom. The quantitative estimate of drug-likeness (QED) is 0.279. The van der Waals surface area contributed by atoms with Crippen LogP contribution in [0.15, 0.2) is 48.6 Å². The topological polar surface area (TPSA) is 17.1 Å². The fraction of sp³-hybridized carbons (Fsp3) is 0.500. The van der Waals surface area contributed by atoms with Gasteiger partial charge >= 0.3 is 0 Å². The molecule has 0 radical (unpaired) electrons. The van der Waals surface area contributed by atoms with Crippen molar-refractivity contribution in [2.24, 2.45) is 11.8 Å². The molecule has 0 heterocycles. The van der Waals surface area contributed by atoms with Crippen molar-refractivity contribution in [1.82, 2.24) is 0 Å². The van der Waals surface area contributed by atoms with Gasteiger partial charge < -0.3 is 0 Å². The summed E-state index contributed by atoms with van der Waals surface area (Å²) in [5.74, 6) is 7.68. The zero-order valence-electron chi connectivity index (χ0n) is 17.1. The van der Waals surface area contributed by atoms with Gasteiger partial charge in [0.15, 0.2) is 0 Å². The normalized spacial score (nSPS) is 19.3. The van der Waals surface area contributed by atoms with Crippen LogP contribution in [0.25, 0.3) is 0 Å². The van der Waals surface area contributed by atoms with E-state index in [-0.39, 0.29) is 11.8 Å². The number of carbonyl (C=O) groups is 1. The van der Waals surface area contributed by atoms with Gasteiger partial charge in [0.05, 0.1) is 0 Å². The Balaban J connectivity index is 1.76. The number of unbranched alkanes of at least 4 members (excludes halogenated alkanes) is 2. The van der Waals surface area contributed by atoms with Crippen LogP contribution in [0, 0.1) is 23.7 Å². The molecular formula is C26H34O. The molecule has 1 heteroatoms. The predicted molar refractivity (Wildman–Crippen MR) is 116 cm³/mol. The number of hydrogen-bond acceptors (Lipinski definition) is 1. The third-order valence-corrected chi connectivity index (χ3v) is 5.37. The number of hydrogen-bond donors (Lipinski definition) is 0. The van der Waals surface area contributed by atoms with E-state index in [9.17, 15) is 4.79 Å². The molecule has 0 amide bonds. The number of aryl methyl sites for hydroxylation is 2. The molecule has 2 atom stereocenters. The lowest BCUT2D eigenvalue weighted by molar-refractivity contribution is -0.121. The first kappa shape index (κ1) is 21.2. The third kappa shape index (κ3) is 7.59. The van der Waals surface area contributed by atoms with Crippen molar-refractivity contribution in [3.05, 3.63) is 59.7 Å². The molecule has 144 valence electrons. The highest BCUT2D eigenvalue weighted by Crippen LogP contribution is 2.32. The number of rotatable bonds is 9. The Labute approximate surface area is 166 Å². The summed E-state index contributed by atoms with van der Waals surface area (Å²) in [7, 11) is 0. The van der Waals surface area contributed by atoms with Crippen molar-refractivity contribution in [3.8, 4) is 11.8 Å². The molecule has 1 aromatic carbocycles. The highest BCUT2D eigenvalue weighted by molar-refractivity contribution is 5.83. The van der Waals surface area contributed by atoms with Crippen molar-refractivity contribution in [3.63, 3.8) is 0 Å². The van der Waals surface area contributed by atoms with Gasteiger partial charge in [0.1, 0.15) is 5.78 Å². The van der Waals surface area contributed by atoms with Gasteiger partial charge in [0.2, 0.25) is 0 Å². The molecule has 27 heavy (non-hydrogen) atoms. The molecule has 0 bridgehead atoms. The Morgan fingerprint density at radius 1 is 1.30 bits per heavy atom. The first-order valence-electron chi connectivity index (χ1n) is 10.5. The van der Waals surface area contributed by atoms with Crippen molar-refractivity contribution in [1.29, 1.82) is 0 Å². The number of benzene rings is 1. The van der Waals surface area contributed by atoms with Crippen LogP contribution in [0.2, 0.25) is 0 Å². The van der Waals surface area contributed by atoms with Gasteiger partial charge in [0.25, 0.3) is 0 Å². The smallest absolute Gasteiger partial charge is 0.137 e. The number of ketones is 1. The maximum absolute atomic E-state index is 12.2. The largest absolute Gasteiger partial charge is 0.299 e. The highest BCUT2D eigenvalue weighted by atomic mass is 16.1. The van der Waals surface area contributed by atoms with Crippen LogP contribution < -0.4 is 0 Å². The molecule has 0 aromatic heterocycles. The van der Waals surface area contributed by atoms with E-state index in [0.29, 0.717) is 5.78 Å². The van der Waals surface area contributed by atoms with Gasteiger partial charge in [-0.05, 0) is 56.6 Å². The highest BCUT2D eigenvalue weighted by Gasteiger charge is 2.32. The minimum Gasteiger partial charge on any atom is -0.299 e. The monoisotopic (exact) mass is 362 g/mol. The minimum atomic E-state index is 0.172. The summed E-state index contributed by atoms with van der Waals surface area (Å²) in [6.45, 7) is 8.07. The summed E-state index contributed by atoms with van der Waals surface area (Å²) in [4.78, 5) is 12.2. The Bertz CT molecular complexity index is 713. The standard InChI is InChI=1S/C26H34O/c1-4-22-14-11-15-23(20-22)13-9-10-16-24-18-19-26(27)25(24)17-8-6-5-7-12-21(2)3/h7,11-12,14-15,20,24-25H,2,4-6,8-9,13,17-19H2,1,3H3/b12-7+. The molecule has 2 rings (SSSR count). The van der Waals surface area contributed by atoms with Gasteiger partial charge in [-0.1, -0.05) is 67.8 Å². The van der Waals surface area contributed by atoms with Gasteiger partial charge in [0, 0.05) is 24.7 Å². The zero-order chi connectivity index (χ0) is 19.5. The van der Waals surface area contributed by atoms with Crippen LogP contribution in [-0.2, 0) is 17.6 Å². The molecular weight excluding hydrogens is 328 g/mol. The van der Waals surface area contributed by atoms with E-state index in [4.69, 9.17) is 0 Å². The molecule has 0 spiro atoms. The van der Waals surface area contributed by atoms with E-state index in [1.54, 1.807) is 0 Å². The van der Waals surface area contributed by atoms with Crippen LogP contribution in [-0.4, -0.2) is 5.78 Å². The Kier molecular flexibility index (Phi) is 9.12. The maximum Gasteiger partial charge on any atom is 0.137 e. The molecule has 1 nitrogen and oxygen atoms in total. The Morgan fingerprint density at radius 2 is 2.11 bits per heavy atom. The minimum absolute atomic E-state index is 0.172. The van der Waals surface area contributed by atoms with Gasteiger partial charge in [-0.2, -0.15) is 0 Å². The van der Waals surface area contributed by atoms with E-state index in [1.807, 2.05) is 6.92 Å². The van der Waals surface area contributed by atoms with Crippen LogP contribution in [0.5, 0.6) is 0 Å². The molecule has 0 saturated heterocycles. The van der Waals surface area contributed by atoms with Gasteiger partial charge in [-0.15, -0.1) is 5.92 Å². The summed E-state index contributed by atoms with van der Waals surface area (Å²) in [5, 5.41) is 0. The molecule has 1 fully saturated rings. The first-order valence-corrected chi connectivity index (χ1v) is 10.5. The first-order chi connectivity index (χ1) is 13.1. The average molecular weight is 363 g/mol. The van der Waals surface area contributed by atoms with Crippen LogP contribution in [0.3, 0.4) is 0 Å². The van der Waals surface area contributed by atoms with Gasteiger partial charge in [-0.25, -0.2) is 0 Å². The second-order valence-corrected chi connectivity index (χ2v) is 7.75.